The number of fused-ring (bicyclic) bond motifs is 1. The molecule has 0 spiro atoms. The number of amides is 1. The molecule has 0 bridgehead atoms. The van der Waals surface area contributed by atoms with E-state index >= 15 is 0 Å². The van der Waals surface area contributed by atoms with Crippen LogP contribution in [0.3, 0.4) is 0 Å². The second-order valence-electron chi connectivity index (χ2n) is 6.30. The molecule has 2 heterocycles. The number of hydrogen-bond acceptors (Lipinski definition) is 5. The highest BCUT2D eigenvalue weighted by Gasteiger charge is 2.17. The van der Waals surface area contributed by atoms with E-state index in [0.29, 0.717) is 41.0 Å². The van der Waals surface area contributed by atoms with Crippen molar-refractivity contribution in [3.05, 3.63) is 85.6 Å². The molecule has 4 rings (SSSR count). The van der Waals surface area contributed by atoms with E-state index in [1.165, 1.54) is 0 Å². The largest absolute Gasteiger partial charge is 0.486 e. The van der Waals surface area contributed by atoms with Gasteiger partial charge in [0.2, 0.25) is 0 Å². The highest BCUT2D eigenvalue weighted by Crippen LogP contribution is 2.32. The molecule has 0 atom stereocenters. The lowest BCUT2D eigenvalue weighted by Crippen LogP contribution is -2.39. The Morgan fingerprint density at radius 3 is 2.66 bits per heavy atom. The highest BCUT2D eigenvalue weighted by molar-refractivity contribution is 6.31. The Hall–Kier alpha value is -3.52. The van der Waals surface area contributed by atoms with Crippen molar-refractivity contribution < 1.29 is 14.3 Å². The molecule has 0 saturated carbocycles. The summed E-state index contributed by atoms with van der Waals surface area (Å²) in [7, 11) is 0. The van der Waals surface area contributed by atoms with E-state index in [9.17, 15) is 14.4 Å². The van der Waals surface area contributed by atoms with Crippen LogP contribution >= 0.6 is 11.6 Å². The maximum absolute atomic E-state index is 12.8. The summed E-state index contributed by atoms with van der Waals surface area (Å²) in [6, 6.07) is 11.8. The van der Waals surface area contributed by atoms with Gasteiger partial charge in [-0.2, -0.15) is 0 Å². The minimum Gasteiger partial charge on any atom is -0.486 e. The predicted molar refractivity (Wildman–Crippen MR) is 107 cm³/mol. The van der Waals surface area contributed by atoms with Crippen LogP contribution in [0.15, 0.2) is 58.3 Å². The smallest absolute Gasteiger partial charge is 0.328 e. The molecule has 0 radical (unpaired) electrons. The minimum absolute atomic E-state index is 0.0566. The molecule has 9 heteroatoms. The fourth-order valence-corrected chi connectivity index (χ4v) is 3.13. The summed E-state index contributed by atoms with van der Waals surface area (Å²) in [6.45, 7) is 0.817. The van der Waals surface area contributed by atoms with Gasteiger partial charge in [0, 0.05) is 23.0 Å². The molecule has 1 aliphatic heterocycles. The van der Waals surface area contributed by atoms with Crippen molar-refractivity contribution in [3.63, 3.8) is 0 Å². The van der Waals surface area contributed by atoms with E-state index in [1.807, 2.05) is 0 Å². The van der Waals surface area contributed by atoms with Crippen LogP contribution in [0, 0.1) is 0 Å². The summed E-state index contributed by atoms with van der Waals surface area (Å²) in [4.78, 5) is 40.0. The summed E-state index contributed by atoms with van der Waals surface area (Å²) in [5.74, 6) is 0.433. The van der Waals surface area contributed by atoms with E-state index in [0.717, 1.165) is 10.8 Å². The zero-order valence-electron chi connectivity index (χ0n) is 15.1. The lowest BCUT2D eigenvalue weighted by atomic mass is 10.2. The number of hydrogen-bond donors (Lipinski definition) is 2. The van der Waals surface area contributed by atoms with Gasteiger partial charge in [0.25, 0.3) is 11.5 Å². The van der Waals surface area contributed by atoms with Gasteiger partial charge in [-0.15, -0.1) is 0 Å². The number of aromatic amines is 1. The van der Waals surface area contributed by atoms with E-state index in [2.05, 4.69) is 10.3 Å². The van der Waals surface area contributed by atoms with Crippen molar-refractivity contribution in [2.45, 2.75) is 6.54 Å². The normalized spacial score (nSPS) is 12.4. The first-order chi connectivity index (χ1) is 14.0. The zero-order valence-corrected chi connectivity index (χ0v) is 15.9. The second kappa shape index (κ2) is 7.84. The van der Waals surface area contributed by atoms with E-state index in [4.69, 9.17) is 21.1 Å². The monoisotopic (exact) mass is 413 g/mol. The molecule has 0 unspecified atom stereocenters. The Morgan fingerprint density at radius 2 is 1.86 bits per heavy atom. The van der Waals surface area contributed by atoms with Gasteiger partial charge in [-0.3, -0.25) is 14.2 Å². The van der Waals surface area contributed by atoms with Crippen molar-refractivity contribution in [1.82, 2.24) is 9.55 Å². The average molecular weight is 414 g/mol. The fourth-order valence-electron chi connectivity index (χ4n) is 2.93. The molecule has 0 saturated heterocycles. The van der Waals surface area contributed by atoms with E-state index in [1.54, 1.807) is 42.5 Å². The predicted octanol–water partition coefficient (Wildman–Crippen LogP) is 2.26. The van der Waals surface area contributed by atoms with Gasteiger partial charge >= 0.3 is 5.69 Å². The number of nitrogens with one attached hydrogen (secondary N) is 2. The highest BCUT2D eigenvalue weighted by atomic mass is 35.5. The molecule has 2 aromatic carbocycles. The molecule has 1 amide bonds. The van der Waals surface area contributed by atoms with Gasteiger partial charge in [0.1, 0.15) is 18.8 Å². The third kappa shape index (κ3) is 3.88. The Labute approximate surface area is 169 Å². The molecule has 2 N–H and O–H groups in total. The first-order valence-electron chi connectivity index (χ1n) is 8.80. The maximum Gasteiger partial charge on any atom is 0.328 e. The number of ether oxygens (including phenoxy) is 2. The Kier molecular flexibility index (Phi) is 5.09. The number of nitrogens with zero attached hydrogens (tertiary/aromatic N) is 1. The molecular weight excluding hydrogens is 398 g/mol. The molecule has 1 aromatic heterocycles. The average Bonchev–Trinajstić information content (AvgIpc) is 2.72. The number of carbonyl (C=O) groups is 1. The van der Waals surface area contributed by atoms with Crippen LogP contribution in [0.2, 0.25) is 5.02 Å². The molecule has 0 aliphatic carbocycles. The number of benzene rings is 2. The summed E-state index contributed by atoms with van der Waals surface area (Å²) in [5, 5.41) is 3.06. The van der Waals surface area contributed by atoms with Crippen LogP contribution in [-0.2, 0) is 6.54 Å². The van der Waals surface area contributed by atoms with Crippen LogP contribution in [0.25, 0.3) is 0 Å². The van der Waals surface area contributed by atoms with Crippen LogP contribution in [0.1, 0.15) is 15.9 Å². The van der Waals surface area contributed by atoms with Crippen LogP contribution in [0.4, 0.5) is 5.69 Å². The molecule has 3 aromatic rings. The third-order valence-electron chi connectivity index (χ3n) is 4.39. The molecule has 148 valence electrons. The van der Waals surface area contributed by atoms with Gasteiger partial charge in [-0.05, 0) is 23.8 Å². The number of halogens is 1. The maximum atomic E-state index is 12.8. The van der Waals surface area contributed by atoms with Crippen molar-refractivity contribution in [1.29, 1.82) is 0 Å². The Bertz CT molecular complexity index is 1200. The second-order valence-corrected chi connectivity index (χ2v) is 6.71. The third-order valence-corrected chi connectivity index (χ3v) is 4.76. The van der Waals surface area contributed by atoms with Gasteiger partial charge in [-0.25, -0.2) is 4.79 Å². The van der Waals surface area contributed by atoms with Crippen LogP contribution < -0.4 is 26.0 Å². The molecule has 1 aliphatic rings. The summed E-state index contributed by atoms with van der Waals surface area (Å²) >= 11 is 6.12. The number of carbonyl (C=O) groups excluding carboxylic acids is 1. The standard InChI is InChI=1S/C20H16ClN3O5/c21-15-4-2-1-3-12(15)11-24-19(26)14(10-22-20(24)27)18(25)23-13-5-6-16-17(9-13)29-8-7-28-16/h1-6,9-10H,7-8,11H2,(H,22,27)(H,23,25). The summed E-state index contributed by atoms with van der Waals surface area (Å²) in [5.41, 5.74) is -0.533. The SMILES string of the molecule is O=C(Nc1ccc2c(c1)OCCO2)c1c[nH]c(=O)n(Cc2ccccc2Cl)c1=O. The quantitative estimate of drug-likeness (QED) is 0.683. The number of anilines is 1. The van der Waals surface area contributed by atoms with Crippen molar-refractivity contribution in [2.24, 2.45) is 0 Å². The number of rotatable bonds is 4. The Morgan fingerprint density at radius 1 is 1.10 bits per heavy atom. The van der Waals surface area contributed by atoms with Crippen molar-refractivity contribution in [2.75, 3.05) is 18.5 Å². The van der Waals surface area contributed by atoms with E-state index in [-0.39, 0.29) is 12.1 Å². The molecule has 29 heavy (non-hydrogen) atoms. The van der Waals surface area contributed by atoms with Gasteiger partial charge in [0.15, 0.2) is 11.5 Å². The van der Waals surface area contributed by atoms with Crippen molar-refractivity contribution in [3.8, 4) is 11.5 Å². The topological polar surface area (TPSA) is 102 Å². The Balaban J connectivity index is 1.62. The van der Waals surface area contributed by atoms with Crippen molar-refractivity contribution >= 4 is 23.2 Å². The van der Waals surface area contributed by atoms with Gasteiger partial charge < -0.3 is 19.8 Å². The summed E-state index contributed by atoms with van der Waals surface area (Å²) < 4.78 is 11.9. The molecule has 8 nitrogen and oxygen atoms in total. The van der Waals surface area contributed by atoms with Crippen LogP contribution in [-0.4, -0.2) is 28.7 Å². The summed E-state index contributed by atoms with van der Waals surface area (Å²) in [6.07, 6.45) is 1.10. The first kappa shape index (κ1) is 18.8. The zero-order chi connectivity index (χ0) is 20.4. The lowest BCUT2D eigenvalue weighted by Gasteiger charge is -2.19. The number of aromatic nitrogens is 2. The van der Waals surface area contributed by atoms with Gasteiger partial charge in [0.05, 0.1) is 6.54 Å². The molecular formula is C20H16ClN3O5. The first-order valence-corrected chi connectivity index (χ1v) is 9.17. The fraction of sp³-hybridized carbons (Fsp3) is 0.150. The lowest BCUT2D eigenvalue weighted by molar-refractivity contribution is 0.102. The minimum atomic E-state index is -0.719. The molecule has 0 fully saturated rings. The van der Waals surface area contributed by atoms with E-state index < -0.39 is 17.2 Å². The van der Waals surface area contributed by atoms with Crippen LogP contribution in [0.5, 0.6) is 11.5 Å². The number of H-pyrrole nitrogens is 1. The van der Waals surface area contributed by atoms with Gasteiger partial charge in [-0.1, -0.05) is 29.8 Å².